The van der Waals surface area contributed by atoms with Crippen LogP contribution in [0.15, 0.2) is 30.3 Å². The molecule has 0 bridgehead atoms. The molecule has 0 aliphatic carbocycles. The molecule has 1 amide bonds. The molecular formula is C15H22N2O2. The lowest BCUT2D eigenvalue weighted by atomic mass is 10.0. The molecule has 1 saturated heterocycles. The van der Waals surface area contributed by atoms with Crippen LogP contribution in [-0.4, -0.2) is 36.5 Å². The van der Waals surface area contributed by atoms with Crippen molar-refractivity contribution in [3.05, 3.63) is 35.9 Å². The molecule has 1 fully saturated rings. The van der Waals surface area contributed by atoms with Crippen molar-refractivity contribution in [3.63, 3.8) is 0 Å². The van der Waals surface area contributed by atoms with Gasteiger partial charge in [0.05, 0.1) is 0 Å². The summed E-state index contributed by atoms with van der Waals surface area (Å²) < 4.78 is 5.65. The molecule has 4 nitrogen and oxygen atoms in total. The van der Waals surface area contributed by atoms with Gasteiger partial charge in [0.15, 0.2) is 6.10 Å². The van der Waals surface area contributed by atoms with Gasteiger partial charge in [-0.3, -0.25) is 4.79 Å². The van der Waals surface area contributed by atoms with E-state index in [0.717, 1.165) is 24.9 Å². The Morgan fingerprint density at radius 1 is 1.47 bits per heavy atom. The summed E-state index contributed by atoms with van der Waals surface area (Å²) >= 11 is 0. The first-order chi connectivity index (χ1) is 9.22. The maximum atomic E-state index is 12.6. The molecule has 0 aromatic heterocycles. The average Bonchev–Trinajstić information content (AvgIpc) is 2.45. The van der Waals surface area contributed by atoms with Crippen molar-refractivity contribution >= 4 is 5.91 Å². The molecule has 0 spiro atoms. The number of benzene rings is 1. The number of ether oxygens (including phenoxy) is 1. The molecule has 1 aliphatic heterocycles. The summed E-state index contributed by atoms with van der Waals surface area (Å²) in [5.41, 5.74) is 6.85. The predicted molar refractivity (Wildman–Crippen MR) is 74.6 cm³/mol. The van der Waals surface area contributed by atoms with E-state index in [1.165, 1.54) is 0 Å². The Hall–Kier alpha value is -1.39. The summed E-state index contributed by atoms with van der Waals surface area (Å²) in [4.78, 5) is 14.4. The zero-order chi connectivity index (χ0) is 13.7. The Kier molecular flexibility index (Phi) is 4.93. The van der Waals surface area contributed by atoms with Gasteiger partial charge in [-0.15, -0.1) is 0 Å². The van der Waals surface area contributed by atoms with Crippen LogP contribution < -0.4 is 5.73 Å². The van der Waals surface area contributed by atoms with E-state index in [9.17, 15) is 4.79 Å². The van der Waals surface area contributed by atoms with Gasteiger partial charge in [-0.2, -0.15) is 0 Å². The fourth-order valence-corrected chi connectivity index (χ4v) is 2.48. The predicted octanol–water partition coefficient (Wildman–Crippen LogP) is 1.71. The van der Waals surface area contributed by atoms with Gasteiger partial charge in [-0.25, -0.2) is 0 Å². The molecule has 1 aliphatic rings. The highest BCUT2D eigenvalue weighted by Gasteiger charge is 2.29. The Morgan fingerprint density at radius 2 is 2.21 bits per heavy atom. The molecule has 1 aromatic rings. The fraction of sp³-hybridized carbons (Fsp3) is 0.533. The molecule has 1 heterocycles. The monoisotopic (exact) mass is 262 g/mol. The number of carbonyl (C=O) groups is 1. The summed E-state index contributed by atoms with van der Waals surface area (Å²) in [5, 5.41) is 0. The lowest BCUT2D eigenvalue weighted by Gasteiger charge is -2.33. The van der Waals surface area contributed by atoms with Crippen LogP contribution in [-0.2, 0) is 9.53 Å². The van der Waals surface area contributed by atoms with E-state index in [1.54, 1.807) is 0 Å². The molecule has 2 atom stereocenters. The standard InChI is InChI=1S/C15H22N2O2/c1-2-19-14(12-7-4-3-5-8-12)15(18)17-10-6-9-13(16)11-17/h3-5,7-8,13-14H,2,6,9-11,16H2,1H3/t13-,14+/m0/s1. The lowest BCUT2D eigenvalue weighted by Crippen LogP contribution is -2.47. The zero-order valence-corrected chi connectivity index (χ0v) is 11.4. The molecule has 0 unspecified atom stereocenters. The van der Waals surface area contributed by atoms with Crippen molar-refractivity contribution < 1.29 is 9.53 Å². The van der Waals surface area contributed by atoms with E-state index in [1.807, 2.05) is 42.2 Å². The zero-order valence-electron chi connectivity index (χ0n) is 11.4. The quantitative estimate of drug-likeness (QED) is 0.898. The summed E-state index contributed by atoms with van der Waals surface area (Å²) in [6, 6.07) is 9.75. The van der Waals surface area contributed by atoms with Gasteiger partial charge < -0.3 is 15.4 Å². The largest absolute Gasteiger partial charge is 0.364 e. The number of nitrogens with two attached hydrogens (primary N) is 1. The number of carbonyl (C=O) groups excluding carboxylic acids is 1. The van der Waals surface area contributed by atoms with Crippen LogP contribution in [0.25, 0.3) is 0 Å². The summed E-state index contributed by atoms with van der Waals surface area (Å²) in [6.07, 6.45) is 1.46. The highest BCUT2D eigenvalue weighted by molar-refractivity contribution is 5.82. The lowest BCUT2D eigenvalue weighted by molar-refractivity contribution is -0.145. The van der Waals surface area contributed by atoms with E-state index < -0.39 is 6.10 Å². The van der Waals surface area contributed by atoms with Crippen molar-refractivity contribution in [3.8, 4) is 0 Å². The molecule has 19 heavy (non-hydrogen) atoms. The molecule has 2 N–H and O–H groups in total. The van der Waals surface area contributed by atoms with Crippen LogP contribution in [0.5, 0.6) is 0 Å². The van der Waals surface area contributed by atoms with Crippen molar-refractivity contribution in [2.45, 2.75) is 31.9 Å². The van der Waals surface area contributed by atoms with Gasteiger partial charge in [0.25, 0.3) is 5.91 Å². The minimum Gasteiger partial charge on any atom is -0.364 e. The third kappa shape index (κ3) is 3.55. The van der Waals surface area contributed by atoms with Crippen LogP contribution in [0.3, 0.4) is 0 Å². The number of likely N-dealkylation sites (tertiary alicyclic amines) is 1. The Labute approximate surface area is 114 Å². The van der Waals surface area contributed by atoms with Crippen molar-refractivity contribution in [2.24, 2.45) is 5.73 Å². The molecule has 0 saturated carbocycles. The number of rotatable bonds is 4. The second kappa shape index (κ2) is 6.68. The number of hydrogen-bond acceptors (Lipinski definition) is 3. The van der Waals surface area contributed by atoms with Crippen molar-refractivity contribution in [1.29, 1.82) is 0 Å². The maximum Gasteiger partial charge on any atom is 0.256 e. The van der Waals surface area contributed by atoms with Gasteiger partial charge in [0, 0.05) is 25.7 Å². The smallest absolute Gasteiger partial charge is 0.256 e. The summed E-state index contributed by atoms with van der Waals surface area (Å²) in [6.45, 7) is 3.84. The van der Waals surface area contributed by atoms with Crippen molar-refractivity contribution in [2.75, 3.05) is 19.7 Å². The fourth-order valence-electron chi connectivity index (χ4n) is 2.48. The number of nitrogens with zero attached hydrogens (tertiary/aromatic N) is 1. The van der Waals surface area contributed by atoms with E-state index in [0.29, 0.717) is 13.2 Å². The second-order valence-electron chi connectivity index (χ2n) is 4.93. The first-order valence-corrected chi connectivity index (χ1v) is 6.93. The Morgan fingerprint density at radius 3 is 2.84 bits per heavy atom. The van der Waals surface area contributed by atoms with Crippen LogP contribution >= 0.6 is 0 Å². The van der Waals surface area contributed by atoms with Crippen LogP contribution in [0, 0.1) is 0 Å². The van der Waals surface area contributed by atoms with Crippen LogP contribution in [0.1, 0.15) is 31.4 Å². The molecule has 104 valence electrons. The first-order valence-electron chi connectivity index (χ1n) is 6.93. The molecule has 0 radical (unpaired) electrons. The summed E-state index contributed by atoms with van der Waals surface area (Å²) in [5.74, 6) is 0.0307. The highest BCUT2D eigenvalue weighted by Crippen LogP contribution is 2.22. The van der Waals surface area contributed by atoms with E-state index in [2.05, 4.69) is 0 Å². The van der Waals surface area contributed by atoms with Gasteiger partial charge in [-0.05, 0) is 25.3 Å². The van der Waals surface area contributed by atoms with Gasteiger partial charge >= 0.3 is 0 Å². The highest BCUT2D eigenvalue weighted by atomic mass is 16.5. The topological polar surface area (TPSA) is 55.6 Å². The van der Waals surface area contributed by atoms with Gasteiger partial charge in [-0.1, -0.05) is 30.3 Å². The Bertz CT molecular complexity index is 408. The van der Waals surface area contributed by atoms with E-state index >= 15 is 0 Å². The molecular weight excluding hydrogens is 240 g/mol. The van der Waals surface area contributed by atoms with Crippen molar-refractivity contribution in [1.82, 2.24) is 4.90 Å². The SMILES string of the molecule is CCO[C@@H](C(=O)N1CCC[C@H](N)C1)c1ccccc1. The molecule has 4 heteroatoms. The third-order valence-electron chi connectivity index (χ3n) is 3.43. The first kappa shape index (κ1) is 14.0. The van der Waals surface area contributed by atoms with Gasteiger partial charge in [0.1, 0.15) is 0 Å². The molecule has 2 rings (SSSR count). The summed E-state index contributed by atoms with van der Waals surface area (Å²) in [7, 11) is 0. The maximum absolute atomic E-state index is 12.6. The minimum atomic E-state index is -0.503. The van der Waals surface area contributed by atoms with Crippen LogP contribution in [0.2, 0.25) is 0 Å². The molecule has 1 aromatic carbocycles. The number of hydrogen-bond donors (Lipinski definition) is 1. The Balaban J connectivity index is 2.12. The number of piperidine rings is 1. The van der Waals surface area contributed by atoms with E-state index in [4.69, 9.17) is 10.5 Å². The average molecular weight is 262 g/mol. The normalized spacial score (nSPS) is 21.2. The second-order valence-corrected chi connectivity index (χ2v) is 4.93. The van der Waals surface area contributed by atoms with Gasteiger partial charge in [0.2, 0.25) is 0 Å². The minimum absolute atomic E-state index is 0.0307. The number of amides is 1. The van der Waals surface area contributed by atoms with Crippen LogP contribution in [0.4, 0.5) is 0 Å². The van der Waals surface area contributed by atoms with E-state index in [-0.39, 0.29) is 11.9 Å². The third-order valence-corrected chi connectivity index (χ3v) is 3.43.